The van der Waals surface area contributed by atoms with Gasteiger partial charge in [0.1, 0.15) is 0 Å². The van der Waals surface area contributed by atoms with Crippen molar-refractivity contribution in [2.75, 3.05) is 7.11 Å². The molecule has 3 rings (SSSR count). The summed E-state index contributed by atoms with van der Waals surface area (Å²) in [7, 11) is 1.28. The van der Waals surface area contributed by atoms with E-state index < -0.39 is 16.4 Å². The molecule has 0 radical (unpaired) electrons. The smallest absolute Gasteiger partial charge is 0.315 e. The fraction of sp³-hybridized carbons (Fsp3) is 0.133. The number of ether oxygens (including phenoxy) is 1. The predicted octanol–water partition coefficient (Wildman–Crippen LogP) is 2.82. The number of hydrogen-bond donors (Lipinski definition) is 1. The highest BCUT2D eigenvalue weighted by Gasteiger charge is 2.20. The van der Waals surface area contributed by atoms with Gasteiger partial charge >= 0.3 is 5.69 Å². The molecular formula is C15H11ClN4O5S. The van der Waals surface area contributed by atoms with E-state index in [0.717, 1.165) is 21.9 Å². The summed E-state index contributed by atoms with van der Waals surface area (Å²) < 4.78 is 6.07. The Labute approximate surface area is 154 Å². The van der Waals surface area contributed by atoms with E-state index in [4.69, 9.17) is 16.3 Å². The van der Waals surface area contributed by atoms with Crippen LogP contribution in [0.15, 0.2) is 23.0 Å². The van der Waals surface area contributed by atoms with Crippen LogP contribution in [0.3, 0.4) is 0 Å². The molecule has 9 nitrogen and oxygen atoms in total. The fourth-order valence-electron chi connectivity index (χ4n) is 2.22. The maximum Gasteiger partial charge on any atom is 0.315 e. The molecule has 0 amide bonds. The Hall–Kier alpha value is -2.98. The van der Waals surface area contributed by atoms with Gasteiger partial charge in [-0.2, -0.15) is 9.61 Å². The first-order valence-corrected chi connectivity index (χ1v) is 8.30. The molecule has 0 spiro atoms. The summed E-state index contributed by atoms with van der Waals surface area (Å²) in [6, 6.07) is 3.90. The van der Waals surface area contributed by atoms with Crippen LogP contribution in [0.25, 0.3) is 16.1 Å². The number of methoxy groups -OCH3 is 1. The lowest BCUT2D eigenvalue weighted by molar-refractivity contribution is -0.386. The standard InChI is InChI=1S/C15H11ClN4O5S/c1-7-3-12(21)19-15(17-7)26-14(18-19)9(16)4-8-5-10(20(23)24)13(22)11(6-8)25-2/h3-6,22H,1-2H3/b9-4-. The molecule has 0 fully saturated rings. The number of nitro benzene ring substituents is 1. The molecule has 0 aliphatic rings. The first-order chi connectivity index (χ1) is 12.3. The first-order valence-electron chi connectivity index (χ1n) is 7.10. The summed E-state index contributed by atoms with van der Waals surface area (Å²) >= 11 is 7.37. The minimum Gasteiger partial charge on any atom is -0.500 e. The van der Waals surface area contributed by atoms with E-state index in [0.29, 0.717) is 21.2 Å². The molecule has 0 aliphatic heterocycles. The van der Waals surface area contributed by atoms with Crippen LogP contribution in [-0.2, 0) is 0 Å². The zero-order chi connectivity index (χ0) is 19.0. The van der Waals surface area contributed by atoms with E-state index in [-0.39, 0.29) is 16.3 Å². The normalized spacial score (nSPS) is 11.7. The van der Waals surface area contributed by atoms with Crippen LogP contribution in [-0.4, -0.2) is 31.7 Å². The second kappa shape index (κ2) is 6.73. The molecule has 0 unspecified atom stereocenters. The van der Waals surface area contributed by atoms with Crippen molar-refractivity contribution in [2.24, 2.45) is 0 Å². The molecule has 2 heterocycles. The number of halogens is 1. The van der Waals surface area contributed by atoms with Gasteiger partial charge in [-0.15, -0.1) is 0 Å². The number of phenols is 1. The van der Waals surface area contributed by atoms with Gasteiger partial charge in [-0.25, -0.2) is 4.98 Å². The Morgan fingerprint density at radius 1 is 1.46 bits per heavy atom. The molecule has 11 heteroatoms. The van der Waals surface area contributed by atoms with Crippen LogP contribution in [0.1, 0.15) is 16.3 Å². The van der Waals surface area contributed by atoms with Crippen molar-refractivity contribution >= 4 is 44.7 Å². The summed E-state index contributed by atoms with van der Waals surface area (Å²) in [5.74, 6) is -0.635. The highest BCUT2D eigenvalue weighted by Crippen LogP contribution is 2.38. The van der Waals surface area contributed by atoms with Crippen LogP contribution in [0, 0.1) is 17.0 Å². The number of fused-ring (bicyclic) bond motifs is 1. The number of aryl methyl sites for hydroxylation is 1. The fourth-order valence-corrected chi connectivity index (χ4v) is 3.36. The van der Waals surface area contributed by atoms with E-state index in [1.54, 1.807) is 6.92 Å². The van der Waals surface area contributed by atoms with E-state index >= 15 is 0 Å². The number of aromatic hydroxyl groups is 1. The predicted molar refractivity (Wildman–Crippen MR) is 96.9 cm³/mol. The van der Waals surface area contributed by atoms with Crippen molar-refractivity contribution in [3.8, 4) is 11.5 Å². The van der Waals surface area contributed by atoms with Crippen molar-refractivity contribution in [2.45, 2.75) is 6.92 Å². The third kappa shape index (κ3) is 3.24. The Morgan fingerprint density at radius 2 is 2.19 bits per heavy atom. The molecule has 26 heavy (non-hydrogen) atoms. The number of nitro groups is 1. The van der Waals surface area contributed by atoms with Crippen LogP contribution in [0.5, 0.6) is 11.5 Å². The summed E-state index contributed by atoms with van der Waals surface area (Å²) in [6.45, 7) is 1.69. The lowest BCUT2D eigenvalue weighted by atomic mass is 10.1. The number of nitrogens with zero attached hydrogens (tertiary/aromatic N) is 4. The maximum absolute atomic E-state index is 11.9. The molecule has 1 N–H and O–H groups in total. The quantitative estimate of drug-likeness (QED) is 0.533. The molecule has 0 aliphatic carbocycles. The second-order valence-corrected chi connectivity index (χ2v) is 6.54. The molecule has 0 saturated heterocycles. The van der Waals surface area contributed by atoms with Gasteiger partial charge in [0, 0.05) is 17.8 Å². The number of phenolic OH excluding ortho intramolecular Hbond substituents is 1. The summed E-state index contributed by atoms with van der Waals surface area (Å²) in [4.78, 5) is 26.8. The van der Waals surface area contributed by atoms with Crippen molar-refractivity contribution < 1.29 is 14.8 Å². The number of rotatable bonds is 4. The molecule has 1 aromatic carbocycles. The molecule has 134 valence electrons. The monoisotopic (exact) mass is 394 g/mol. The summed E-state index contributed by atoms with van der Waals surface area (Å²) in [5.41, 5.74) is 0.0376. The van der Waals surface area contributed by atoms with Gasteiger partial charge in [-0.3, -0.25) is 14.9 Å². The van der Waals surface area contributed by atoms with Gasteiger partial charge in [0.15, 0.2) is 10.8 Å². The lowest BCUT2D eigenvalue weighted by Gasteiger charge is -2.05. The Morgan fingerprint density at radius 3 is 2.85 bits per heavy atom. The van der Waals surface area contributed by atoms with Gasteiger partial charge in [-0.1, -0.05) is 22.9 Å². The average molecular weight is 395 g/mol. The van der Waals surface area contributed by atoms with Crippen LogP contribution in [0.4, 0.5) is 5.69 Å². The summed E-state index contributed by atoms with van der Waals surface area (Å²) in [6.07, 6.45) is 1.42. The third-order valence-corrected chi connectivity index (χ3v) is 4.71. The topological polar surface area (TPSA) is 120 Å². The molecular weight excluding hydrogens is 384 g/mol. The molecule has 3 aromatic rings. The molecule has 0 saturated carbocycles. The van der Waals surface area contributed by atoms with Crippen LogP contribution in [0.2, 0.25) is 0 Å². The van der Waals surface area contributed by atoms with Crippen molar-refractivity contribution in [3.63, 3.8) is 0 Å². The summed E-state index contributed by atoms with van der Waals surface area (Å²) in [5, 5.41) is 25.5. The minimum absolute atomic E-state index is 0.0623. The molecule has 2 aromatic heterocycles. The van der Waals surface area contributed by atoms with Gasteiger partial charge in [-0.05, 0) is 24.6 Å². The Kier molecular flexibility index (Phi) is 4.62. The van der Waals surface area contributed by atoms with E-state index in [1.165, 1.54) is 25.3 Å². The molecule has 0 atom stereocenters. The van der Waals surface area contributed by atoms with E-state index in [9.17, 15) is 20.0 Å². The second-order valence-electron chi connectivity index (χ2n) is 5.18. The van der Waals surface area contributed by atoms with Crippen LogP contribution < -0.4 is 10.3 Å². The van der Waals surface area contributed by atoms with Crippen molar-refractivity contribution in [1.29, 1.82) is 0 Å². The Balaban J connectivity index is 2.10. The van der Waals surface area contributed by atoms with Crippen molar-refractivity contribution in [1.82, 2.24) is 14.6 Å². The number of aromatic nitrogens is 3. The first kappa shape index (κ1) is 17.8. The number of benzene rings is 1. The number of hydrogen-bond acceptors (Lipinski definition) is 8. The Bertz CT molecular complexity index is 1120. The largest absolute Gasteiger partial charge is 0.500 e. The highest BCUT2D eigenvalue weighted by molar-refractivity contribution is 7.18. The van der Waals surface area contributed by atoms with Gasteiger partial charge in [0.05, 0.1) is 17.1 Å². The van der Waals surface area contributed by atoms with Crippen molar-refractivity contribution in [3.05, 3.63) is 54.9 Å². The van der Waals surface area contributed by atoms with Crippen LogP contribution >= 0.6 is 22.9 Å². The highest BCUT2D eigenvalue weighted by atomic mass is 35.5. The van der Waals surface area contributed by atoms with E-state index in [1.807, 2.05) is 0 Å². The van der Waals surface area contributed by atoms with Gasteiger partial charge in [0.2, 0.25) is 10.7 Å². The maximum atomic E-state index is 11.9. The van der Waals surface area contributed by atoms with Gasteiger partial charge < -0.3 is 9.84 Å². The van der Waals surface area contributed by atoms with E-state index in [2.05, 4.69) is 10.1 Å². The SMILES string of the molecule is COc1cc(/C=C(\Cl)c2nn3c(=O)cc(C)nc3s2)cc([N+](=O)[O-])c1O. The third-order valence-electron chi connectivity index (χ3n) is 3.36. The van der Waals surface area contributed by atoms with Gasteiger partial charge in [0.25, 0.3) is 5.56 Å². The lowest BCUT2D eigenvalue weighted by Crippen LogP contribution is -2.14. The minimum atomic E-state index is -0.729. The average Bonchev–Trinajstić information content (AvgIpc) is 3.00. The molecule has 0 bridgehead atoms. The zero-order valence-electron chi connectivity index (χ0n) is 13.5. The zero-order valence-corrected chi connectivity index (χ0v) is 15.0.